The topological polar surface area (TPSA) is 46.2 Å². The molecule has 0 saturated carbocycles. The molecule has 13 heavy (non-hydrogen) atoms. The van der Waals surface area contributed by atoms with Gasteiger partial charge in [0.2, 0.25) is 0 Å². The number of thiophene rings is 1. The number of aliphatic hydroxyl groups excluding tert-OH is 1. The van der Waals surface area contributed by atoms with Gasteiger partial charge in [-0.2, -0.15) is 0 Å². The predicted octanol–water partition coefficient (Wildman–Crippen LogP) is 2.07. The minimum Gasteiger partial charge on any atom is -0.391 e. The number of hydrogen-bond donors (Lipinski definition) is 2. The smallest absolute Gasteiger partial charge is 0.272 e. The van der Waals surface area contributed by atoms with Crippen molar-refractivity contribution >= 4 is 11.3 Å². The van der Waals surface area contributed by atoms with E-state index >= 15 is 0 Å². The van der Waals surface area contributed by atoms with Gasteiger partial charge >= 0.3 is 0 Å². The van der Waals surface area contributed by atoms with Crippen LogP contribution in [0.2, 0.25) is 0 Å². The summed E-state index contributed by atoms with van der Waals surface area (Å²) in [5.41, 5.74) is 6.13. The first-order valence-corrected chi connectivity index (χ1v) is 4.70. The van der Waals surface area contributed by atoms with Crippen LogP contribution in [-0.2, 0) is 0 Å². The Kier molecular flexibility index (Phi) is 3.35. The molecule has 0 aliphatic carbocycles. The summed E-state index contributed by atoms with van der Waals surface area (Å²) in [6.07, 6.45) is -3.18. The Balaban J connectivity index is 2.79. The predicted molar refractivity (Wildman–Crippen MR) is 47.9 cm³/mol. The van der Waals surface area contributed by atoms with Crippen molar-refractivity contribution in [2.24, 2.45) is 5.73 Å². The van der Waals surface area contributed by atoms with Crippen LogP contribution in [0.15, 0.2) is 11.4 Å². The largest absolute Gasteiger partial charge is 0.391 e. The summed E-state index contributed by atoms with van der Waals surface area (Å²) in [6.45, 7) is 1.53. The number of hydrogen-bond acceptors (Lipinski definition) is 3. The van der Waals surface area contributed by atoms with Gasteiger partial charge in [0.05, 0.1) is 17.0 Å². The Bertz CT molecular complexity index is 275. The summed E-state index contributed by atoms with van der Waals surface area (Å²) >= 11 is 0.962. The van der Waals surface area contributed by atoms with E-state index in [0.29, 0.717) is 5.56 Å². The number of aliphatic hydroxyl groups is 1. The maximum atomic E-state index is 12.2. The van der Waals surface area contributed by atoms with Gasteiger partial charge in [-0.25, -0.2) is 8.78 Å². The van der Waals surface area contributed by atoms with Crippen molar-refractivity contribution in [1.29, 1.82) is 0 Å². The van der Waals surface area contributed by atoms with Gasteiger partial charge in [-0.1, -0.05) is 0 Å². The van der Waals surface area contributed by atoms with Crippen molar-refractivity contribution in [3.8, 4) is 0 Å². The van der Waals surface area contributed by atoms with Crippen LogP contribution in [0.5, 0.6) is 0 Å². The third-order valence-electron chi connectivity index (χ3n) is 1.76. The lowest BCUT2D eigenvalue weighted by atomic mass is 10.1. The van der Waals surface area contributed by atoms with Gasteiger partial charge in [-0.05, 0) is 23.9 Å². The monoisotopic (exact) mass is 207 g/mol. The van der Waals surface area contributed by atoms with Crippen molar-refractivity contribution < 1.29 is 13.9 Å². The summed E-state index contributed by atoms with van der Waals surface area (Å²) in [5.74, 6) is 0. The van der Waals surface area contributed by atoms with Gasteiger partial charge in [0.1, 0.15) is 0 Å². The number of alkyl halides is 2. The lowest BCUT2D eigenvalue weighted by Gasteiger charge is -2.12. The van der Waals surface area contributed by atoms with E-state index < -0.39 is 18.6 Å². The van der Waals surface area contributed by atoms with Gasteiger partial charge in [0.25, 0.3) is 6.43 Å². The van der Waals surface area contributed by atoms with Crippen molar-refractivity contribution in [2.75, 3.05) is 0 Å². The van der Waals surface area contributed by atoms with Crippen LogP contribution in [0.4, 0.5) is 8.78 Å². The summed E-state index contributed by atoms with van der Waals surface area (Å²) < 4.78 is 24.3. The standard InChI is InChI=1S/C8H11F2NOS/c1-4(12)7(11)5-2-6(8(9)10)13-3-5/h2-4,7-8,12H,11H2,1H3/t4-,7-/m1/s1. The average molecular weight is 207 g/mol. The molecule has 1 rings (SSSR count). The molecule has 3 N–H and O–H groups in total. The molecular weight excluding hydrogens is 196 g/mol. The van der Waals surface area contributed by atoms with Crippen LogP contribution in [0.1, 0.15) is 29.8 Å². The first-order valence-electron chi connectivity index (χ1n) is 3.82. The van der Waals surface area contributed by atoms with Crippen molar-refractivity contribution in [3.05, 3.63) is 21.9 Å². The fourth-order valence-corrected chi connectivity index (χ4v) is 1.74. The van der Waals surface area contributed by atoms with Crippen LogP contribution in [0, 0.1) is 0 Å². The zero-order valence-electron chi connectivity index (χ0n) is 7.08. The third kappa shape index (κ3) is 2.46. The highest BCUT2D eigenvalue weighted by Crippen LogP contribution is 2.29. The van der Waals surface area contributed by atoms with E-state index in [4.69, 9.17) is 10.8 Å². The first-order chi connectivity index (χ1) is 6.02. The molecule has 0 aromatic carbocycles. The van der Waals surface area contributed by atoms with E-state index in [9.17, 15) is 8.78 Å². The Hall–Kier alpha value is -0.520. The molecule has 1 aromatic rings. The van der Waals surface area contributed by atoms with Crippen molar-refractivity contribution in [1.82, 2.24) is 0 Å². The molecule has 0 unspecified atom stereocenters. The second kappa shape index (κ2) is 4.13. The Morgan fingerprint density at radius 3 is 2.54 bits per heavy atom. The molecule has 0 radical (unpaired) electrons. The molecule has 0 aliphatic heterocycles. The number of nitrogens with two attached hydrogens (primary N) is 1. The SMILES string of the molecule is C[C@@H](O)[C@@H](N)c1csc(C(F)F)c1. The Labute approximate surface area is 79.0 Å². The van der Waals surface area contributed by atoms with E-state index in [0.717, 1.165) is 11.3 Å². The van der Waals surface area contributed by atoms with Crippen LogP contribution >= 0.6 is 11.3 Å². The van der Waals surface area contributed by atoms with E-state index in [2.05, 4.69) is 0 Å². The van der Waals surface area contributed by atoms with E-state index in [1.54, 1.807) is 5.38 Å². The quantitative estimate of drug-likeness (QED) is 0.797. The van der Waals surface area contributed by atoms with E-state index in [-0.39, 0.29) is 4.88 Å². The highest BCUT2D eigenvalue weighted by molar-refractivity contribution is 7.10. The average Bonchev–Trinajstić information content (AvgIpc) is 2.50. The van der Waals surface area contributed by atoms with Gasteiger partial charge in [0, 0.05) is 0 Å². The third-order valence-corrected chi connectivity index (χ3v) is 2.72. The zero-order valence-corrected chi connectivity index (χ0v) is 7.89. The molecule has 1 aromatic heterocycles. The van der Waals surface area contributed by atoms with Crippen LogP contribution in [0.25, 0.3) is 0 Å². The minimum atomic E-state index is -2.46. The van der Waals surface area contributed by atoms with Crippen molar-refractivity contribution in [3.63, 3.8) is 0 Å². The number of halogens is 2. The Morgan fingerprint density at radius 1 is 1.54 bits per heavy atom. The molecule has 1 heterocycles. The fourth-order valence-electron chi connectivity index (χ4n) is 0.936. The molecule has 0 aliphatic rings. The van der Waals surface area contributed by atoms with E-state index in [1.165, 1.54) is 13.0 Å². The first kappa shape index (κ1) is 10.6. The summed E-state index contributed by atoms with van der Waals surface area (Å²) in [5, 5.41) is 10.7. The zero-order chi connectivity index (χ0) is 10.0. The maximum Gasteiger partial charge on any atom is 0.272 e. The number of rotatable bonds is 3. The minimum absolute atomic E-state index is 0.00824. The van der Waals surface area contributed by atoms with E-state index in [1.807, 2.05) is 0 Å². The lowest BCUT2D eigenvalue weighted by Crippen LogP contribution is -2.22. The van der Waals surface area contributed by atoms with Crippen LogP contribution in [0.3, 0.4) is 0 Å². The normalized spacial score (nSPS) is 16.2. The second-order valence-corrected chi connectivity index (χ2v) is 3.79. The van der Waals surface area contributed by atoms with Gasteiger partial charge < -0.3 is 10.8 Å². The molecule has 2 nitrogen and oxygen atoms in total. The highest BCUT2D eigenvalue weighted by Gasteiger charge is 2.16. The summed E-state index contributed by atoms with van der Waals surface area (Å²) in [4.78, 5) is -0.00824. The summed E-state index contributed by atoms with van der Waals surface area (Å²) in [7, 11) is 0. The molecule has 0 spiro atoms. The van der Waals surface area contributed by atoms with Gasteiger partial charge in [0.15, 0.2) is 0 Å². The van der Waals surface area contributed by atoms with Gasteiger partial charge in [-0.15, -0.1) is 11.3 Å². The second-order valence-electron chi connectivity index (χ2n) is 2.85. The molecule has 0 amide bonds. The Morgan fingerprint density at radius 2 is 2.15 bits per heavy atom. The maximum absolute atomic E-state index is 12.2. The highest BCUT2D eigenvalue weighted by atomic mass is 32.1. The summed E-state index contributed by atoms with van der Waals surface area (Å²) in [6, 6.07) is 0.760. The van der Waals surface area contributed by atoms with Crippen LogP contribution in [-0.4, -0.2) is 11.2 Å². The molecule has 2 atom stereocenters. The molecule has 0 bridgehead atoms. The van der Waals surface area contributed by atoms with Crippen LogP contribution < -0.4 is 5.73 Å². The fraction of sp³-hybridized carbons (Fsp3) is 0.500. The van der Waals surface area contributed by atoms with Crippen molar-refractivity contribution in [2.45, 2.75) is 25.5 Å². The molecule has 0 saturated heterocycles. The molecular formula is C8H11F2NOS. The lowest BCUT2D eigenvalue weighted by molar-refractivity contribution is 0.154. The van der Waals surface area contributed by atoms with Gasteiger partial charge in [-0.3, -0.25) is 0 Å². The molecule has 5 heteroatoms. The molecule has 0 fully saturated rings. The molecule has 74 valence electrons.